The van der Waals surface area contributed by atoms with Crippen LogP contribution in [0.15, 0.2) is 42.6 Å². The molecule has 0 aliphatic heterocycles. The van der Waals surface area contributed by atoms with Crippen molar-refractivity contribution in [2.45, 2.75) is 12.3 Å². The average Bonchev–Trinajstić information content (AvgIpc) is 3.09. The molecule has 3 rings (SSSR count). The van der Waals surface area contributed by atoms with Crippen LogP contribution in [0.2, 0.25) is 10.0 Å². The third-order valence-electron chi connectivity index (χ3n) is 3.99. The van der Waals surface area contributed by atoms with E-state index in [4.69, 9.17) is 23.2 Å². The lowest BCUT2D eigenvalue weighted by Gasteiger charge is -2.14. The van der Waals surface area contributed by atoms with Gasteiger partial charge in [0.15, 0.2) is 0 Å². The minimum atomic E-state index is -4.69. The Balaban J connectivity index is 2.11. The van der Waals surface area contributed by atoms with E-state index in [1.165, 1.54) is 24.4 Å². The molecular formula is C17H10Cl2F3N3O3. The van der Waals surface area contributed by atoms with Crippen molar-refractivity contribution in [3.05, 3.63) is 79.4 Å². The first kappa shape index (κ1) is 20.1. The topological polar surface area (TPSA) is 92.0 Å². The molecule has 0 spiro atoms. The standard InChI is InChI=1S/C17H10Cl2F3N3O3/c18-9-2-4-14(25(27)28)10(6-9)16(26)11-7-23-24-15(11)8-1-3-13(19)12(5-8)17(20,21)22/h1-7,16,26H,(H,23,24). The molecule has 2 aromatic carbocycles. The lowest BCUT2D eigenvalue weighted by Crippen LogP contribution is -2.07. The molecule has 0 radical (unpaired) electrons. The number of nitro benzene ring substituents is 1. The number of nitrogens with one attached hydrogen (secondary N) is 1. The molecule has 2 N–H and O–H groups in total. The minimum Gasteiger partial charge on any atom is -0.383 e. The summed E-state index contributed by atoms with van der Waals surface area (Å²) in [7, 11) is 0. The molecule has 1 heterocycles. The number of hydrogen-bond donors (Lipinski definition) is 2. The van der Waals surface area contributed by atoms with Gasteiger partial charge in [0.2, 0.25) is 0 Å². The molecule has 1 atom stereocenters. The van der Waals surface area contributed by atoms with Gasteiger partial charge in [0.1, 0.15) is 6.10 Å². The van der Waals surface area contributed by atoms with E-state index in [0.717, 1.165) is 18.2 Å². The number of alkyl halides is 3. The van der Waals surface area contributed by atoms with E-state index in [1.807, 2.05) is 0 Å². The van der Waals surface area contributed by atoms with Crippen molar-refractivity contribution >= 4 is 28.9 Å². The highest BCUT2D eigenvalue weighted by Gasteiger charge is 2.34. The number of rotatable bonds is 4. The number of hydrogen-bond acceptors (Lipinski definition) is 4. The van der Waals surface area contributed by atoms with Gasteiger partial charge in [-0.05, 0) is 24.3 Å². The van der Waals surface area contributed by atoms with Gasteiger partial charge in [0.05, 0.1) is 26.8 Å². The highest BCUT2D eigenvalue weighted by molar-refractivity contribution is 6.31. The van der Waals surface area contributed by atoms with Crippen LogP contribution in [-0.4, -0.2) is 20.2 Å². The molecule has 11 heteroatoms. The number of aliphatic hydroxyl groups excluding tert-OH is 1. The Bertz CT molecular complexity index is 1050. The highest BCUT2D eigenvalue weighted by Crippen LogP contribution is 2.40. The third-order valence-corrected chi connectivity index (χ3v) is 4.56. The number of H-pyrrole nitrogens is 1. The average molecular weight is 432 g/mol. The highest BCUT2D eigenvalue weighted by atomic mass is 35.5. The zero-order valence-electron chi connectivity index (χ0n) is 13.7. The fraction of sp³-hybridized carbons (Fsp3) is 0.118. The van der Waals surface area contributed by atoms with Gasteiger partial charge >= 0.3 is 6.18 Å². The molecule has 0 amide bonds. The summed E-state index contributed by atoms with van der Waals surface area (Å²) in [5.41, 5.74) is -1.52. The van der Waals surface area contributed by atoms with Crippen LogP contribution in [-0.2, 0) is 6.18 Å². The largest absolute Gasteiger partial charge is 0.417 e. The van der Waals surface area contributed by atoms with Crippen molar-refractivity contribution in [1.82, 2.24) is 10.2 Å². The second-order valence-corrected chi connectivity index (χ2v) is 6.59. The Hall–Kier alpha value is -2.62. The van der Waals surface area contributed by atoms with Crippen molar-refractivity contribution in [3.63, 3.8) is 0 Å². The van der Waals surface area contributed by atoms with Crippen molar-refractivity contribution < 1.29 is 23.2 Å². The summed E-state index contributed by atoms with van der Waals surface area (Å²) in [6.45, 7) is 0. The molecule has 1 aromatic heterocycles. The van der Waals surface area contributed by atoms with Crippen LogP contribution < -0.4 is 0 Å². The number of aliphatic hydroxyl groups is 1. The monoisotopic (exact) mass is 431 g/mol. The Labute approximate surface area is 165 Å². The second-order valence-electron chi connectivity index (χ2n) is 5.74. The van der Waals surface area contributed by atoms with E-state index in [1.54, 1.807) is 0 Å². The van der Waals surface area contributed by atoms with Gasteiger partial charge in [-0.25, -0.2) is 0 Å². The summed E-state index contributed by atoms with van der Waals surface area (Å²) in [6.07, 6.45) is -5.00. The van der Waals surface area contributed by atoms with Crippen LogP contribution in [0.3, 0.4) is 0 Å². The first-order chi connectivity index (χ1) is 13.1. The summed E-state index contributed by atoms with van der Waals surface area (Å²) >= 11 is 11.5. The van der Waals surface area contributed by atoms with Gasteiger partial charge in [-0.2, -0.15) is 18.3 Å². The number of nitrogens with zero attached hydrogens (tertiary/aromatic N) is 2. The van der Waals surface area contributed by atoms with Gasteiger partial charge in [-0.1, -0.05) is 29.3 Å². The van der Waals surface area contributed by atoms with Gasteiger partial charge in [-0.15, -0.1) is 0 Å². The summed E-state index contributed by atoms with van der Waals surface area (Å²) in [6, 6.07) is 6.79. The Morgan fingerprint density at radius 2 is 1.86 bits per heavy atom. The molecule has 28 heavy (non-hydrogen) atoms. The molecule has 0 aliphatic rings. The number of nitro groups is 1. The minimum absolute atomic E-state index is 0.0102. The Kier molecular flexibility index (Phi) is 5.33. The SMILES string of the molecule is O=[N+]([O-])c1ccc(Cl)cc1C(O)c1c[nH]nc1-c1ccc(Cl)c(C(F)(F)F)c1. The summed E-state index contributed by atoms with van der Waals surface area (Å²) < 4.78 is 39.4. The summed E-state index contributed by atoms with van der Waals surface area (Å²) in [5.74, 6) is 0. The van der Waals surface area contributed by atoms with E-state index in [9.17, 15) is 28.4 Å². The van der Waals surface area contributed by atoms with Gasteiger partial charge < -0.3 is 5.11 Å². The van der Waals surface area contributed by atoms with Crippen LogP contribution in [0.4, 0.5) is 18.9 Å². The molecule has 0 aliphatic carbocycles. The predicted octanol–water partition coefficient (Wildman–Crippen LogP) is 5.39. The predicted molar refractivity (Wildman–Crippen MR) is 96.2 cm³/mol. The third kappa shape index (κ3) is 3.82. The zero-order valence-corrected chi connectivity index (χ0v) is 15.2. The molecule has 0 fully saturated rings. The summed E-state index contributed by atoms with van der Waals surface area (Å²) in [4.78, 5) is 10.5. The Morgan fingerprint density at radius 1 is 1.14 bits per heavy atom. The zero-order chi connectivity index (χ0) is 20.6. The van der Waals surface area contributed by atoms with Gasteiger partial charge in [-0.3, -0.25) is 15.2 Å². The van der Waals surface area contributed by atoms with Crippen LogP contribution in [0.5, 0.6) is 0 Å². The first-order valence-corrected chi connectivity index (χ1v) is 8.38. The normalized spacial score (nSPS) is 12.8. The number of aromatic nitrogens is 2. The van der Waals surface area contributed by atoms with E-state index < -0.39 is 33.5 Å². The van der Waals surface area contributed by atoms with Gasteiger partial charge in [0, 0.05) is 28.4 Å². The smallest absolute Gasteiger partial charge is 0.383 e. The molecule has 146 valence electrons. The van der Waals surface area contributed by atoms with Crippen LogP contribution in [0.25, 0.3) is 11.3 Å². The fourth-order valence-corrected chi connectivity index (χ4v) is 3.11. The molecule has 3 aromatic rings. The molecule has 6 nitrogen and oxygen atoms in total. The van der Waals surface area contributed by atoms with Crippen molar-refractivity contribution in [3.8, 4) is 11.3 Å². The second kappa shape index (κ2) is 7.42. The van der Waals surface area contributed by atoms with Crippen molar-refractivity contribution in [2.75, 3.05) is 0 Å². The maximum Gasteiger partial charge on any atom is 0.417 e. The fourth-order valence-electron chi connectivity index (χ4n) is 2.71. The molecule has 0 saturated carbocycles. The van der Waals surface area contributed by atoms with E-state index in [2.05, 4.69) is 10.2 Å². The maximum absolute atomic E-state index is 13.1. The lowest BCUT2D eigenvalue weighted by molar-refractivity contribution is -0.386. The van der Waals surface area contributed by atoms with Crippen LogP contribution in [0, 0.1) is 10.1 Å². The number of benzene rings is 2. The first-order valence-electron chi connectivity index (χ1n) is 7.62. The maximum atomic E-state index is 13.1. The lowest BCUT2D eigenvalue weighted by atomic mass is 9.97. The summed E-state index contributed by atoms with van der Waals surface area (Å²) in [5, 5.41) is 27.9. The van der Waals surface area contributed by atoms with E-state index >= 15 is 0 Å². The quantitative estimate of drug-likeness (QED) is 0.427. The molecule has 1 unspecified atom stereocenters. The van der Waals surface area contributed by atoms with E-state index in [0.29, 0.717) is 0 Å². The van der Waals surface area contributed by atoms with Crippen LogP contribution >= 0.6 is 23.2 Å². The van der Waals surface area contributed by atoms with Crippen LogP contribution in [0.1, 0.15) is 22.8 Å². The van der Waals surface area contributed by atoms with Crippen molar-refractivity contribution in [2.24, 2.45) is 0 Å². The molecule has 0 bridgehead atoms. The van der Waals surface area contributed by atoms with Gasteiger partial charge in [0.25, 0.3) is 5.69 Å². The molecule has 0 saturated heterocycles. The molecular weight excluding hydrogens is 422 g/mol. The van der Waals surface area contributed by atoms with E-state index in [-0.39, 0.29) is 27.4 Å². The Morgan fingerprint density at radius 3 is 2.50 bits per heavy atom. The number of aromatic amines is 1. The number of halogens is 5. The van der Waals surface area contributed by atoms with Crippen molar-refractivity contribution in [1.29, 1.82) is 0 Å².